The molecule has 4 rings (SSSR count). The number of carbonyl (C=O) groups is 1. The first kappa shape index (κ1) is 15.2. The van der Waals surface area contributed by atoms with Gasteiger partial charge in [0.05, 0.1) is 6.04 Å². The highest BCUT2D eigenvalue weighted by Crippen LogP contribution is 2.32. The second kappa shape index (κ2) is 5.96. The first-order chi connectivity index (χ1) is 11.6. The van der Waals surface area contributed by atoms with Crippen LogP contribution in [-0.2, 0) is 19.4 Å². The maximum absolute atomic E-state index is 12.9. The standard InChI is InChI=1S/C17H22N6O/c1-11(2)8-14-20-21-15-9-12-4-5-13(10-22(14)15)23(12)17(24)16-18-6-3-7-19-16/h3,6-7,11-13H,4-5,8-10H2,1-2H3/t12-,13+/m0/s1. The Balaban J connectivity index is 1.63. The van der Waals surface area contributed by atoms with Crippen molar-refractivity contribution < 1.29 is 4.79 Å². The van der Waals surface area contributed by atoms with Gasteiger partial charge in [0.2, 0.25) is 5.82 Å². The summed E-state index contributed by atoms with van der Waals surface area (Å²) in [7, 11) is 0. The van der Waals surface area contributed by atoms with E-state index in [4.69, 9.17) is 0 Å². The molecule has 0 aromatic carbocycles. The van der Waals surface area contributed by atoms with Crippen LogP contribution in [0.25, 0.3) is 0 Å². The molecule has 1 saturated heterocycles. The minimum absolute atomic E-state index is 0.0628. The highest BCUT2D eigenvalue weighted by molar-refractivity contribution is 5.91. The zero-order valence-electron chi connectivity index (χ0n) is 14.1. The van der Waals surface area contributed by atoms with E-state index in [0.717, 1.165) is 43.9 Å². The third-order valence-electron chi connectivity index (χ3n) is 4.92. The number of rotatable bonds is 3. The lowest BCUT2D eigenvalue weighted by atomic mass is 10.1. The van der Waals surface area contributed by atoms with Crippen molar-refractivity contribution in [1.29, 1.82) is 0 Å². The summed E-state index contributed by atoms with van der Waals surface area (Å²) in [5, 5.41) is 8.79. The molecule has 7 heteroatoms. The lowest BCUT2D eigenvalue weighted by Gasteiger charge is -2.27. The first-order valence-corrected chi connectivity index (χ1v) is 8.64. The molecule has 1 amide bonds. The maximum Gasteiger partial charge on any atom is 0.292 e. The number of fused-ring (bicyclic) bond motifs is 3. The molecule has 2 aromatic rings. The SMILES string of the molecule is CC(C)Cc1nnc2n1C[C@H]1CC[C@@H](C2)N1C(=O)c1ncccn1. The van der Waals surface area contributed by atoms with Crippen LogP contribution in [0.1, 0.15) is 49.0 Å². The molecular weight excluding hydrogens is 304 g/mol. The monoisotopic (exact) mass is 326 g/mol. The van der Waals surface area contributed by atoms with E-state index in [2.05, 4.69) is 38.6 Å². The van der Waals surface area contributed by atoms with Crippen molar-refractivity contribution in [2.75, 3.05) is 0 Å². The van der Waals surface area contributed by atoms with Gasteiger partial charge in [0.25, 0.3) is 5.91 Å². The summed E-state index contributed by atoms with van der Waals surface area (Å²) in [4.78, 5) is 23.2. The molecule has 4 heterocycles. The van der Waals surface area contributed by atoms with Gasteiger partial charge in [-0.2, -0.15) is 0 Å². The van der Waals surface area contributed by atoms with Crippen molar-refractivity contribution in [3.05, 3.63) is 35.9 Å². The Morgan fingerprint density at radius 1 is 1.21 bits per heavy atom. The summed E-state index contributed by atoms with van der Waals surface area (Å²) in [5.41, 5.74) is 0. The van der Waals surface area contributed by atoms with Gasteiger partial charge in [-0.05, 0) is 24.8 Å². The van der Waals surface area contributed by atoms with Gasteiger partial charge in [-0.3, -0.25) is 4.79 Å². The van der Waals surface area contributed by atoms with Crippen molar-refractivity contribution in [1.82, 2.24) is 29.6 Å². The van der Waals surface area contributed by atoms with E-state index in [0.29, 0.717) is 5.92 Å². The number of carbonyl (C=O) groups excluding carboxylic acids is 1. The van der Waals surface area contributed by atoms with Crippen molar-refractivity contribution in [3.8, 4) is 0 Å². The Hall–Kier alpha value is -2.31. The molecule has 0 unspecified atom stereocenters. The topological polar surface area (TPSA) is 76.8 Å². The van der Waals surface area contributed by atoms with Crippen LogP contribution in [0, 0.1) is 5.92 Å². The molecule has 126 valence electrons. The predicted octanol–water partition coefficient (Wildman–Crippen LogP) is 1.50. The molecule has 2 atom stereocenters. The number of amides is 1. The lowest BCUT2D eigenvalue weighted by Crippen LogP contribution is -2.42. The van der Waals surface area contributed by atoms with E-state index >= 15 is 0 Å². The summed E-state index contributed by atoms with van der Waals surface area (Å²) in [6, 6.07) is 2.07. The molecule has 7 nitrogen and oxygen atoms in total. The fraction of sp³-hybridized carbons (Fsp3) is 0.588. The molecule has 2 bridgehead atoms. The summed E-state index contributed by atoms with van der Waals surface area (Å²) in [6.07, 6.45) is 6.95. The van der Waals surface area contributed by atoms with E-state index in [1.165, 1.54) is 0 Å². The number of aromatic nitrogens is 5. The van der Waals surface area contributed by atoms with Crippen LogP contribution in [0.5, 0.6) is 0 Å². The summed E-state index contributed by atoms with van der Waals surface area (Å²) < 4.78 is 2.23. The highest BCUT2D eigenvalue weighted by Gasteiger charge is 2.42. The first-order valence-electron chi connectivity index (χ1n) is 8.64. The van der Waals surface area contributed by atoms with E-state index in [1.807, 2.05) is 4.90 Å². The zero-order chi connectivity index (χ0) is 16.7. The second-order valence-electron chi connectivity index (χ2n) is 7.11. The van der Waals surface area contributed by atoms with Crippen molar-refractivity contribution in [3.63, 3.8) is 0 Å². The van der Waals surface area contributed by atoms with Crippen LogP contribution in [0.3, 0.4) is 0 Å². The lowest BCUT2D eigenvalue weighted by molar-refractivity contribution is 0.0652. The molecular formula is C17H22N6O. The molecule has 1 fully saturated rings. The molecule has 0 N–H and O–H groups in total. The van der Waals surface area contributed by atoms with Gasteiger partial charge in [-0.15, -0.1) is 10.2 Å². The minimum Gasteiger partial charge on any atom is -0.328 e. The van der Waals surface area contributed by atoms with Crippen molar-refractivity contribution in [2.45, 2.75) is 58.2 Å². The number of hydrogen-bond acceptors (Lipinski definition) is 5. The minimum atomic E-state index is -0.0628. The summed E-state index contributed by atoms with van der Waals surface area (Å²) in [6.45, 7) is 5.15. The third-order valence-corrected chi connectivity index (χ3v) is 4.92. The Morgan fingerprint density at radius 2 is 1.96 bits per heavy atom. The van der Waals surface area contributed by atoms with Gasteiger partial charge >= 0.3 is 0 Å². The number of hydrogen-bond donors (Lipinski definition) is 0. The Kier molecular flexibility index (Phi) is 3.78. The van der Waals surface area contributed by atoms with Crippen LogP contribution in [0.4, 0.5) is 0 Å². The fourth-order valence-corrected chi connectivity index (χ4v) is 3.87. The van der Waals surface area contributed by atoms with E-state index in [9.17, 15) is 4.79 Å². The summed E-state index contributed by atoms with van der Waals surface area (Å²) >= 11 is 0. The van der Waals surface area contributed by atoms with Crippen LogP contribution in [-0.4, -0.2) is 47.6 Å². The van der Waals surface area contributed by atoms with Gasteiger partial charge in [-0.1, -0.05) is 13.8 Å². The average Bonchev–Trinajstić information content (AvgIpc) is 3.07. The van der Waals surface area contributed by atoms with Crippen molar-refractivity contribution >= 4 is 5.91 Å². The predicted molar refractivity (Wildman–Crippen MR) is 87.3 cm³/mol. The molecule has 0 aliphatic carbocycles. The van der Waals surface area contributed by atoms with Crippen LogP contribution in [0.15, 0.2) is 18.5 Å². The molecule has 0 spiro atoms. The summed E-state index contributed by atoms with van der Waals surface area (Å²) in [5.74, 6) is 2.80. The molecule has 24 heavy (non-hydrogen) atoms. The highest BCUT2D eigenvalue weighted by atomic mass is 16.2. The van der Waals surface area contributed by atoms with Gasteiger partial charge in [0.15, 0.2) is 0 Å². The third kappa shape index (κ3) is 2.57. The number of nitrogens with zero attached hydrogens (tertiary/aromatic N) is 6. The smallest absolute Gasteiger partial charge is 0.292 e. The maximum atomic E-state index is 12.9. The zero-order valence-corrected chi connectivity index (χ0v) is 14.1. The fourth-order valence-electron chi connectivity index (χ4n) is 3.87. The Labute approximate surface area is 141 Å². The Morgan fingerprint density at radius 3 is 2.71 bits per heavy atom. The molecule has 0 radical (unpaired) electrons. The normalized spacial score (nSPS) is 22.5. The quantitative estimate of drug-likeness (QED) is 0.854. The van der Waals surface area contributed by atoms with E-state index in [1.54, 1.807) is 18.5 Å². The van der Waals surface area contributed by atoms with Gasteiger partial charge in [0, 0.05) is 37.8 Å². The van der Waals surface area contributed by atoms with Gasteiger partial charge in [0.1, 0.15) is 11.6 Å². The van der Waals surface area contributed by atoms with Gasteiger partial charge < -0.3 is 9.47 Å². The average molecular weight is 326 g/mol. The van der Waals surface area contributed by atoms with E-state index < -0.39 is 0 Å². The van der Waals surface area contributed by atoms with Gasteiger partial charge in [-0.25, -0.2) is 9.97 Å². The Bertz CT molecular complexity index is 741. The molecule has 0 saturated carbocycles. The van der Waals surface area contributed by atoms with Crippen molar-refractivity contribution in [2.24, 2.45) is 5.92 Å². The molecule has 2 aromatic heterocycles. The largest absolute Gasteiger partial charge is 0.328 e. The molecule has 2 aliphatic heterocycles. The van der Waals surface area contributed by atoms with Crippen LogP contribution >= 0.6 is 0 Å². The van der Waals surface area contributed by atoms with E-state index in [-0.39, 0.29) is 23.8 Å². The van der Waals surface area contributed by atoms with Crippen LogP contribution in [0.2, 0.25) is 0 Å². The molecule has 2 aliphatic rings. The van der Waals surface area contributed by atoms with Crippen LogP contribution < -0.4 is 0 Å². The second-order valence-corrected chi connectivity index (χ2v) is 7.11.